The molecule has 0 radical (unpaired) electrons. The average Bonchev–Trinajstić information content (AvgIpc) is 3.15. The number of likely N-dealkylation sites (tertiary alicyclic amines) is 1. The van der Waals surface area contributed by atoms with Crippen molar-refractivity contribution in [2.75, 3.05) is 19.6 Å². The van der Waals surface area contributed by atoms with E-state index in [0.29, 0.717) is 22.0 Å². The van der Waals surface area contributed by atoms with Crippen LogP contribution in [0.1, 0.15) is 45.4 Å². The Kier molecular flexibility index (Phi) is 7.54. The van der Waals surface area contributed by atoms with E-state index in [9.17, 15) is 0 Å². The fraction of sp³-hybridized carbons (Fsp3) is 0.500. The zero-order valence-corrected chi connectivity index (χ0v) is 18.8. The van der Waals surface area contributed by atoms with Crippen LogP contribution in [0.25, 0.3) is 0 Å². The van der Waals surface area contributed by atoms with E-state index in [2.05, 4.69) is 17.6 Å². The van der Waals surface area contributed by atoms with Crippen LogP contribution in [0.2, 0.25) is 10.0 Å². The highest BCUT2D eigenvalue weighted by atomic mass is 35.5. The van der Waals surface area contributed by atoms with Crippen LogP contribution in [-0.4, -0.2) is 30.2 Å². The van der Waals surface area contributed by atoms with E-state index in [1.54, 1.807) is 6.07 Å². The van der Waals surface area contributed by atoms with Gasteiger partial charge < -0.3 is 10.6 Å². The third-order valence-electron chi connectivity index (χ3n) is 5.98. The van der Waals surface area contributed by atoms with Crippen molar-refractivity contribution in [2.45, 2.75) is 50.3 Å². The Bertz CT molecular complexity index is 772. The molecule has 1 aliphatic carbocycles. The van der Waals surface area contributed by atoms with Gasteiger partial charge in [-0.2, -0.15) is 0 Å². The highest BCUT2D eigenvalue weighted by Crippen LogP contribution is 2.46. The van der Waals surface area contributed by atoms with E-state index in [4.69, 9.17) is 33.9 Å². The minimum absolute atomic E-state index is 0.332. The molecule has 2 fully saturated rings. The number of halogens is 2. The van der Waals surface area contributed by atoms with Gasteiger partial charge in [0.2, 0.25) is 0 Å². The molecule has 1 aromatic carbocycles. The molecule has 1 spiro atoms. The van der Waals surface area contributed by atoms with Gasteiger partial charge in [-0.25, -0.2) is 4.99 Å². The molecule has 1 saturated heterocycles. The van der Waals surface area contributed by atoms with E-state index in [-0.39, 0.29) is 0 Å². The monoisotopic (exact) mass is 437 g/mol. The second kappa shape index (κ2) is 9.71. The van der Waals surface area contributed by atoms with Gasteiger partial charge in [-0.05, 0) is 56.2 Å². The van der Waals surface area contributed by atoms with Crippen molar-refractivity contribution in [1.82, 2.24) is 4.90 Å². The molecule has 152 valence electrons. The zero-order valence-electron chi connectivity index (χ0n) is 16.5. The van der Waals surface area contributed by atoms with Gasteiger partial charge >= 0.3 is 0 Å². The maximum atomic E-state index is 6.31. The lowest BCUT2D eigenvalue weighted by atomic mass is 9.77. The number of hydrogen-bond acceptors (Lipinski definition) is 4. The second-order valence-corrected chi connectivity index (χ2v) is 9.60. The average molecular weight is 438 g/mol. The molecule has 6 heteroatoms. The fourth-order valence-electron chi connectivity index (χ4n) is 4.27. The molecule has 1 saturated carbocycles. The minimum atomic E-state index is 0.332. The van der Waals surface area contributed by atoms with Crippen molar-refractivity contribution in [3.8, 4) is 0 Å². The quantitative estimate of drug-likeness (QED) is 0.406. The summed E-state index contributed by atoms with van der Waals surface area (Å²) in [5.74, 6) is 0.993. The summed E-state index contributed by atoms with van der Waals surface area (Å²) in [4.78, 5) is 8.94. The Labute approximate surface area is 183 Å². The maximum Gasteiger partial charge on any atom is 0.124 e. The predicted molar refractivity (Wildman–Crippen MR) is 123 cm³/mol. The summed E-state index contributed by atoms with van der Waals surface area (Å²) in [5, 5.41) is 1.07. The summed E-state index contributed by atoms with van der Waals surface area (Å²) >= 11 is 13.9. The molecule has 28 heavy (non-hydrogen) atoms. The second-order valence-electron chi connectivity index (χ2n) is 7.68. The predicted octanol–water partition coefficient (Wildman–Crippen LogP) is 6.52. The van der Waals surface area contributed by atoms with Crippen LogP contribution < -0.4 is 5.73 Å². The molecule has 1 heterocycles. The van der Waals surface area contributed by atoms with Gasteiger partial charge in [0, 0.05) is 29.4 Å². The molecule has 3 rings (SSSR count). The number of nitrogens with two attached hydrogens (primary N) is 1. The molecule has 2 aliphatic rings. The largest absolute Gasteiger partial charge is 0.357 e. The van der Waals surface area contributed by atoms with Gasteiger partial charge in [0.05, 0.1) is 15.8 Å². The lowest BCUT2D eigenvalue weighted by molar-refractivity contribution is 0.132. The van der Waals surface area contributed by atoms with Crippen molar-refractivity contribution in [2.24, 2.45) is 16.1 Å². The zero-order chi connectivity index (χ0) is 20.1. The fourth-order valence-corrected chi connectivity index (χ4v) is 5.60. The first-order valence-corrected chi connectivity index (χ1v) is 11.6. The van der Waals surface area contributed by atoms with Crippen molar-refractivity contribution < 1.29 is 0 Å². The van der Waals surface area contributed by atoms with Gasteiger partial charge in [-0.1, -0.05) is 60.5 Å². The van der Waals surface area contributed by atoms with Crippen LogP contribution in [0.5, 0.6) is 0 Å². The van der Waals surface area contributed by atoms with E-state index < -0.39 is 0 Å². The van der Waals surface area contributed by atoms with E-state index in [1.807, 2.05) is 19.1 Å². The van der Waals surface area contributed by atoms with Crippen LogP contribution in [0.15, 0.2) is 51.5 Å². The number of hydrogen-bond donors (Lipinski definition) is 1. The van der Waals surface area contributed by atoms with Crippen molar-refractivity contribution in [3.63, 3.8) is 0 Å². The first-order chi connectivity index (χ1) is 13.5. The molecule has 2 N–H and O–H groups in total. The third-order valence-corrected chi connectivity index (χ3v) is 7.96. The van der Waals surface area contributed by atoms with Crippen LogP contribution in [0.3, 0.4) is 0 Å². The van der Waals surface area contributed by atoms with E-state index >= 15 is 0 Å². The van der Waals surface area contributed by atoms with E-state index in [0.717, 1.165) is 34.4 Å². The third kappa shape index (κ3) is 4.96. The molecule has 0 atom stereocenters. The molecule has 0 aromatic heterocycles. The molecular formula is C22H29Cl2N3S. The summed E-state index contributed by atoms with van der Waals surface area (Å²) in [5.41, 5.74) is 7.40. The van der Waals surface area contributed by atoms with E-state index in [1.165, 1.54) is 50.3 Å². The Hall–Kier alpha value is -0.940. The number of allylic oxidation sites excluding steroid dienone is 1. The van der Waals surface area contributed by atoms with Crippen LogP contribution >= 0.6 is 35.0 Å². The lowest BCUT2D eigenvalue weighted by Crippen LogP contribution is -2.38. The topological polar surface area (TPSA) is 41.6 Å². The van der Waals surface area contributed by atoms with Crippen molar-refractivity contribution in [3.05, 3.63) is 51.6 Å². The number of piperidine rings is 1. The molecule has 1 aliphatic heterocycles. The smallest absolute Gasteiger partial charge is 0.124 e. The first-order valence-electron chi connectivity index (χ1n) is 9.98. The standard InChI is InChI=1S/C22H29Cl2N3S/c1-3-20(27-13-11-22(12-14-27)9-4-5-10-22)26-18(15-25)16(2)28-19-8-6-7-17(23)21(19)24/h3,6-8H,2,4-5,9-15,25H2,1H3/b20-3+,26-18-. The number of thioether (sulfide) groups is 1. The van der Waals surface area contributed by atoms with Gasteiger partial charge in [-0.15, -0.1) is 0 Å². The lowest BCUT2D eigenvalue weighted by Gasteiger charge is -2.40. The maximum absolute atomic E-state index is 6.31. The Morgan fingerprint density at radius 2 is 1.93 bits per heavy atom. The Balaban J connectivity index is 1.69. The van der Waals surface area contributed by atoms with Crippen LogP contribution in [-0.2, 0) is 0 Å². The molecule has 0 bridgehead atoms. The number of benzene rings is 1. The molecule has 0 amide bonds. The van der Waals surface area contributed by atoms with Gasteiger partial charge in [-0.3, -0.25) is 0 Å². The molecule has 1 aromatic rings. The SMILES string of the molecule is C=C(Sc1cccc(Cl)c1Cl)/C(CN)=N\C(=C/C)N1CCC2(CCCC2)CC1. The summed E-state index contributed by atoms with van der Waals surface area (Å²) in [6.45, 7) is 8.70. The van der Waals surface area contributed by atoms with Gasteiger partial charge in [0.15, 0.2) is 0 Å². The molecule has 0 unspecified atom stereocenters. The molecule has 3 nitrogen and oxygen atoms in total. The van der Waals surface area contributed by atoms with Gasteiger partial charge in [0.25, 0.3) is 0 Å². The minimum Gasteiger partial charge on any atom is -0.357 e. The summed E-state index contributed by atoms with van der Waals surface area (Å²) < 4.78 is 0. The molecular weight excluding hydrogens is 409 g/mol. The normalized spacial score (nSPS) is 20.1. The Morgan fingerprint density at radius 3 is 2.54 bits per heavy atom. The van der Waals surface area contributed by atoms with Crippen molar-refractivity contribution in [1.29, 1.82) is 0 Å². The highest BCUT2D eigenvalue weighted by molar-refractivity contribution is 8.04. The Morgan fingerprint density at radius 1 is 1.25 bits per heavy atom. The van der Waals surface area contributed by atoms with Gasteiger partial charge in [0.1, 0.15) is 5.82 Å². The first kappa shape index (κ1) is 21.8. The van der Waals surface area contributed by atoms with Crippen molar-refractivity contribution >= 4 is 40.7 Å². The highest BCUT2D eigenvalue weighted by Gasteiger charge is 2.37. The summed E-state index contributed by atoms with van der Waals surface area (Å²) in [6, 6.07) is 5.59. The number of rotatable bonds is 6. The summed E-state index contributed by atoms with van der Waals surface area (Å²) in [7, 11) is 0. The van der Waals surface area contributed by atoms with Crippen LogP contribution in [0, 0.1) is 5.41 Å². The number of nitrogens with zero attached hydrogens (tertiary/aromatic N) is 2. The van der Waals surface area contributed by atoms with Crippen LogP contribution in [0.4, 0.5) is 0 Å². The summed E-state index contributed by atoms with van der Waals surface area (Å²) in [6.07, 6.45) is 10.2. The number of aliphatic imine (C=N–C) groups is 1.